The third-order valence-corrected chi connectivity index (χ3v) is 5.72. The number of carbonyl (C=O) groups excluding carboxylic acids is 2. The first-order chi connectivity index (χ1) is 12.4. The Morgan fingerprint density at radius 3 is 2.42 bits per heavy atom. The van der Waals surface area contributed by atoms with Gasteiger partial charge in [0.2, 0.25) is 11.8 Å². The molecule has 0 bridgehead atoms. The van der Waals surface area contributed by atoms with Crippen molar-refractivity contribution in [3.05, 3.63) is 48.5 Å². The molecule has 0 radical (unpaired) electrons. The minimum atomic E-state index is -3.40. The summed E-state index contributed by atoms with van der Waals surface area (Å²) in [7, 11) is -3.40. The molecule has 1 heterocycles. The summed E-state index contributed by atoms with van der Waals surface area (Å²) in [6.45, 7) is 1.58. The van der Waals surface area contributed by atoms with E-state index in [4.69, 9.17) is 4.74 Å². The van der Waals surface area contributed by atoms with Crippen LogP contribution in [-0.2, 0) is 19.4 Å². The average Bonchev–Trinajstić information content (AvgIpc) is 2.94. The van der Waals surface area contributed by atoms with E-state index < -0.39 is 15.9 Å². The summed E-state index contributed by atoms with van der Waals surface area (Å²) in [5.74, 6) is 0.0468. The van der Waals surface area contributed by atoms with Gasteiger partial charge < -0.3 is 10.1 Å². The molecule has 1 unspecified atom stereocenters. The predicted molar refractivity (Wildman–Crippen MR) is 95.9 cm³/mol. The molecule has 2 aromatic rings. The molecule has 7 nitrogen and oxygen atoms in total. The summed E-state index contributed by atoms with van der Waals surface area (Å²) in [6, 6.07) is 12.6. The quantitative estimate of drug-likeness (QED) is 0.751. The zero-order valence-electron chi connectivity index (χ0n) is 14.1. The van der Waals surface area contributed by atoms with Crippen molar-refractivity contribution >= 4 is 27.3 Å². The van der Waals surface area contributed by atoms with Gasteiger partial charge in [0.15, 0.2) is 9.84 Å². The van der Waals surface area contributed by atoms with Gasteiger partial charge in [-0.05, 0) is 36.4 Å². The van der Waals surface area contributed by atoms with Crippen LogP contribution >= 0.6 is 0 Å². The first kappa shape index (κ1) is 17.9. The third kappa shape index (κ3) is 3.85. The number of nitrogens with one attached hydrogen (secondary N) is 2. The van der Waals surface area contributed by atoms with E-state index >= 15 is 0 Å². The lowest BCUT2D eigenvalue weighted by Crippen LogP contribution is -2.29. The fraction of sp³-hybridized carbons (Fsp3) is 0.222. The van der Waals surface area contributed by atoms with Crippen LogP contribution in [0.5, 0.6) is 11.5 Å². The molecule has 1 fully saturated rings. The number of anilines is 1. The topological polar surface area (TPSA) is 102 Å². The standard InChI is InChI=1S/C18H18N2O5S/c1-2-26(23,24)16-6-4-3-5-15(16)25-13-9-7-12(8-10-13)19-14-11-17(21)20-18(14)22/h3-10,14,19H,2,11H2,1H3,(H,20,21,22). The molecule has 2 aromatic carbocycles. The molecule has 1 aliphatic rings. The number of sulfone groups is 1. The number of amides is 2. The molecular formula is C18H18N2O5S. The minimum Gasteiger partial charge on any atom is -0.456 e. The molecule has 136 valence electrons. The zero-order valence-corrected chi connectivity index (χ0v) is 14.9. The SMILES string of the molecule is CCS(=O)(=O)c1ccccc1Oc1ccc(NC2CC(=O)NC2=O)cc1. The van der Waals surface area contributed by atoms with Crippen molar-refractivity contribution in [2.45, 2.75) is 24.3 Å². The first-order valence-electron chi connectivity index (χ1n) is 8.09. The van der Waals surface area contributed by atoms with Crippen LogP contribution in [0.15, 0.2) is 53.4 Å². The second kappa shape index (κ2) is 7.17. The second-order valence-corrected chi connectivity index (χ2v) is 8.04. The van der Waals surface area contributed by atoms with E-state index in [0.717, 1.165) is 0 Å². The van der Waals surface area contributed by atoms with Gasteiger partial charge in [0, 0.05) is 5.69 Å². The van der Waals surface area contributed by atoms with E-state index in [-0.39, 0.29) is 34.6 Å². The Balaban J connectivity index is 1.75. The summed E-state index contributed by atoms with van der Waals surface area (Å²) in [6.07, 6.45) is 0.0966. The van der Waals surface area contributed by atoms with E-state index in [1.54, 1.807) is 49.4 Å². The van der Waals surface area contributed by atoms with Crippen molar-refractivity contribution in [3.8, 4) is 11.5 Å². The number of benzene rings is 2. The number of ether oxygens (including phenoxy) is 1. The van der Waals surface area contributed by atoms with Crippen LogP contribution < -0.4 is 15.4 Å². The molecule has 0 saturated carbocycles. The maximum Gasteiger partial charge on any atom is 0.249 e. The van der Waals surface area contributed by atoms with Crippen molar-refractivity contribution in [1.82, 2.24) is 5.32 Å². The summed E-state index contributed by atoms with van der Waals surface area (Å²) in [5.41, 5.74) is 0.654. The molecule has 0 aliphatic carbocycles. The highest BCUT2D eigenvalue weighted by atomic mass is 32.2. The van der Waals surface area contributed by atoms with E-state index in [2.05, 4.69) is 10.6 Å². The van der Waals surface area contributed by atoms with Crippen LogP contribution in [0.1, 0.15) is 13.3 Å². The van der Waals surface area contributed by atoms with E-state index in [1.165, 1.54) is 6.07 Å². The Hall–Kier alpha value is -2.87. The number of carbonyl (C=O) groups is 2. The van der Waals surface area contributed by atoms with Crippen molar-refractivity contribution in [3.63, 3.8) is 0 Å². The van der Waals surface area contributed by atoms with Gasteiger partial charge in [-0.25, -0.2) is 8.42 Å². The van der Waals surface area contributed by atoms with Crippen molar-refractivity contribution in [2.24, 2.45) is 0 Å². The molecule has 1 atom stereocenters. The fourth-order valence-corrected chi connectivity index (χ4v) is 3.58. The van der Waals surface area contributed by atoms with Crippen LogP contribution in [0, 0.1) is 0 Å². The van der Waals surface area contributed by atoms with Crippen molar-refractivity contribution < 1.29 is 22.7 Å². The number of imide groups is 1. The van der Waals surface area contributed by atoms with Gasteiger partial charge in [-0.15, -0.1) is 0 Å². The van der Waals surface area contributed by atoms with Crippen molar-refractivity contribution in [2.75, 3.05) is 11.1 Å². The fourth-order valence-electron chi connectivity index (χ4n) is 2.56. The molecular weight excluding hydrogens is 356 g/mol. The third-order valence-electron chi connectivity index (χ3n) is 3.96. The molecule has 2 N–H and O–H groups in total. The molecule has 8 heteroatoms. The van der Waals surface area contributed by atoms with Gasteiger partial charge in [-0.3, -0.25) is 14.9 Å². The Morgan fingerprint density at radius 1 is 1.12 bits per heavy atom. The predicted octanol–water partition coefficient (Wildman–Crippen LogP) is 2.10. The molecule has 1 aliphatic heterocycles. The zero-order chi connectivity index (χ0) is 18.7. The highest BCUT2D eigenvalue weighted by molar-refractivity contribution is 7.91. The van der Waals surface area contributed by atoms with Gasteiger partial charge in [0.25, 0.3) is 0 Å². The summed E-state index contributed by atoms with van der Waals surface area (Å²) >= 11 is 0. The summed E-state index contributed by atoms with van der Waals surface area (Å²) in [5, 5.41) is 5.21. The maximum absolute atomic E-state index is 12.2. The van der Waals surface area contributed by atoms with Crippen LogP contribution in [0.25, 0.3) is 0 Å². The van der Waals surface area contributed by atoms with Gasteiger partial charge in [0.1, 0.15) is 22.4 Å². The lowest BCUT2D eigenvalue weighted by Gasteiger charge is -2.13. The largest absolute Gasteiger partial charge is 0.456 e. The molecule has 0 aromatic heterocycles. The van der Waals surface area contributed by atoms with Crippen LogP contribution in [0.2, 0.25) is 0 Å². The number of para-hydroxylation sites is 1. The minimum absolute atomic E-state index is 0.0155. The second-order valence-electron chi connectivity index (χ2n) is 5.79. The number of hydrogen-bond donors (Lipinski definition) is 2. The van der Waals surface area contributed by atoms with E-state index in [0.29, 0.717) is 11.4 Å². The summed E-state index contributed by atoms with van der Waals surface area (Å²) in [4.78, 5) is 22.9. The first-order valence-corrected chi connectivity index (χ1v) is 9.74. The highest BCUT2D eigenvalue weighted by Crippen LogP contribution is 2.30. The highest BCUT2D eigenvalue weighted by Gasteiger charge is 2.30. The van der Waals surface area contributed by atoms with Crippen molar-refractivity contribution in [1.29, 1.82) is 0 Å². The number of hydrogen-bond acceptors (Lipinski definition) is 6. The van der Waals surface area contributed by atoms with Crippen LogP contribution in [-0.4, -0.2) is 32.0 Å². The Bertz CT molecular complexity index is 938. The van der Waals surface area contributed by atoms with E-state index in [9.17, 15) is 18.0 Å². The van der Waals surface area contributed by atoms with Crippen LogP contribution in [0.3, 0.4) is 0 Å². The molecule has 26 heavy (non-hydrogen) atoms. The molecule has 2 amide bonds. The smallest absolute Gasteiger partial charge is 0.249 e. The normalized spacial score (nSPS) is 17.0. The lowest BCUT2D eigenvalue weighted by molar-refractivity contribution is -0.124. The average molecular weight is 374 g/mol. The monoisotopic (exact) mass is 374 g/mol. The number of rotatable bonds is 6. The Morgan fingerprint density at radius 2 is 1.81 bits per heavy atom. The molecule has 3 rings (SSSR count). The summed E-state index contributed by atoms with van der Waals surface area (Å²) < 4.78 is 30.0. The van der Waals surface area contributed by atoms with Gasteiger partial charge >= 0.3 is 0 Å². The lowest BCUT2D eigenvalue weighted by atomic mass is 10.2. The van der Waals surface area contributed by atoms with Crippen LogP contribution in [0.4, 0.5) is 5.69 Å². The maximum atomic E-state index is 12.2. The Kier molecular flexibility index (Phi) is 4.94. The molecule has 0 spiro atoms. The van der Waals surface area contributed by atoms with Gasteiger partial charge in [0.05, 0.1) is 12.2 Å². The Labute approximate surface area is 151 Å². The van der Waals surface area contributed by atoms with Gasteiger partial charge in [-0.2, -0.15) is 0 Å². The van der Waals surface area contributed by atoms with E-state index in [1.807, 2.05) is 0 Å². The molecule has 1 saturated heterocycles. The van der Waals surface area contributed by atoms with Gasteiger partial charge in [-0.1, -0.05) is 19.1 Å².